The number of hydrogen-bond acceptors (Lipinski definition) is 4. The summed E-state index contributed by atoms with van der Waals surface area (Å²) in [5, 5.41) is 7.26. The van der Waals surface area contributed by atoms with Gasteiger partial charge in [-0.05, 0) is 30.5 Å². The summed E-state index contributed by atoms with van der Waals surface area (Å²) >= 11 is 0. The van der Waals surface area contributed by atoms with Crippen LogP contribution in [0.25, 0.3) is 5.69 Å². The van der Waals surface area contributed by atoms with Gasteiger partial charge < -0.3 is 19.9 Å². The van der Waals surface area contributed by atoms with Crippen molar-refractivity contribution in [1.29, 1.82) is 0 Å². The lowest BCUT2D eigenvalue weighted by Gasteiger charge is -2.38. The Morgan fingerprint density at radius 1 is 1.30 bits per heavy atom. The molecule has 1 unspecified atom stereocenters. The number of urea groups is 1. The maximum absolute atomic E-state index is 12.7. The van der Waals surface area contributed by atoms with E-state index in [9.17, 15) is 9.59 Å². The van der Waals surface area contributed by atoms with Crippen molar-refractivity contribution in [2.24, 2.45) is 0 Å². The van der Waals surface area contributed by atoms with Crippen molar-refractivity contribution < 1.29 is 14.3 Å². The number of piperidine rings is 1. The first kappa shape index (κ1) is 17.4. The number of benzene rings is 1. The highest BCUT2D eigenvalue weighted by molar-refractivity contribution is 5.75. The fourth-order valence-corrected chi connectivity index (χ4v) is 3.85. The van der Waals surface area contributed by atoms with Crippen LogP contribution in [-0.4, -0.2) is 64.0 Å². The predicted molar refractivity (Wildman–Crippen MR) is 98.4 cm³/mol. The molecule has 8 nitrogen and oxygen atoms in total. The van der Waals surface area contributed by atoms with Crippen molar-refractivity contribution >= 4 is 12.1 Å². The number of likely N-dealkylation sites (N-methyl/N-ethyl adjacent to an activating group) is 1. The first-order valence-electron chi connectivity index (χ1n) is 9.11. The van der Waals surface area contributed by atoms with E-state index in [2.05, 4.69) is 10.4 Å². The summed E-state index contributed by atoms with van der Waals surface area (Å²) in [6, 6.07) is 9.55. The van der Waals surface area contributed by atoms with Gasteiger partial charge >= 0.3 is 12.1 Å². The normalized spacial score (nSPS) is 22.2. The second kappa shape index (κ2) is 6.94. The summed E-state index contributed by atoms with van der Waals surface area (Å²) in [6.45, 7) is 2.02. The minimum absolute atomic E-state index is 0.144. The van der Waals surface area contributed by atoms with Crippen LogP contribution >= 0.6 is 0 Å². The lowest BCUT2D eigenvalue weighted by Crippen LogP contribution is -2.54. The quantitative estimate of drug-likeness (QED) is 0.897. The fraction of sp³-hybridized carbons (Fsp3) is 0.421. The molecule has 1 spiro atoms. The third kappa shape index (κ3) is 3.47. The van der Waals surface area contributed by atoms with Crippen LogP contribution in [-0.2, 0) is 11.3 Å². The molecule has 0 bridgehead atoms. The first-order chi connectivity index (χ1) is 13.1. The number of para-hydroxylation sites is 1. The summed E-state index contributed by atoms with van der Waals surface area (Å²) in [6.07, 6.45) is 4.89. The zero-order chi connectivity index (χ0) is 18.9. The van der Waals surface area contributed by atoms with Gasteiger partial charge in [0.2, 0.25) is 0 Å². The third-order valence-electron chi connectivity index (χ3n) is 5.14. The van der Waals surface area contributed by atoms with E-state index in [1.807, 2.05) is 36.5 Å². The van der Waals surface area contributed by atoms with E-state index in [1.165, 1.54) is 0 Å². The van der Waals surface area contributed by atoms with Crippen LogP contribution in [0.1, 0.15) is 18.4 Å². The molecule has 4 rings (SSSR count). The summed E-state index contributed by atoms with van der Waals surface area (Å²) in [5.41, 5.74) is 1.34. The molecular formula is C19H23N5O3. The van der Waals surface area contributed by atoms with E-state index in [1.54, 1.807) is 27.7 Å². The lowest BCUT2D eigenvalue weighted by atomic mass is 9.93. The van der Waals surface area contributed by atoms with Gasteiger partial charge in [-0.3, -0.25) is 0 Å². The molecule has 142 valence electrons. The van der Waals surface area contributed by atoms with Crippen LogP contribution in [0.5, 0.6) is 0 Å². The predicted octanol–water partition coefficient (Wildman–Crippen LogP) is 2.00. The van der Waals surface area contributed by atoms with Crippen molar-refractivity contribution in [3.8, 4) is 5.69 Å². The van der Waals surface area contributed by atoms with E-state index in [-0.39, 0.29) is 12.1 Å². The van der Waals surface area contributed by atoms with E-state index in [4.69, 9.17) is 4.74 Å². The molecule has 2 saturated heterocycles. The molecule has 0 radical (unpaired) electrons. The topological polar surface area (TPSA) is 79.7 Å². The number of likely N-dealkylation sites (tertiary alicyclic amines) is 1. The summed E-state index contributed by atoms with van der Waals surface area (Å²) in [4.78, 5) is 27.8. The molecule has 0 aliphatic carbocycles. The zero-order valence-corrected chi connectivity index (χ0v) is 15.3. The average molecular weight is 369 g/mol. The Morgan fingerprint density at radius 3 is 2.89 bits per heavy atom. The Kier molecular flexibility index (Phi) is 4.47. The number of nitrogens with one attached hydrogen (secondary N) is 1. The van der Waals surface area contributed by atoms with Crippen LogP contribution in [0, 0.1) is 0 Å². The van der Waals surface area contributed by atoms with Gasteiger partial charge in [0.1, 0.15) is 5.60 Å². The molecule has 1 atom stereocenters. The second-order valence-corrected chi connectivity index (χ2v) is 7.17. The zero-order valence-electron chi connectivity index (χ0n) is 15.3. The molecule has 1 aromatic carbocycles. The van der Waals surface area contributed by atoms with Crippen molar-refractivity contribution in [2.75, 3.05) is 26.7 Å². The van der Waals surface area contributed by atoms with E-state index >= 15 is 0 Å². The number of aromatic nitrogens is 2. The minimum atomic E-state index is -0.575. The molecular weight excluding hydrogens is 346 g/mol. The Morgan fingerprint density at radius 2 is 2.15 bits per heavy atom. The Hall–Kier alpha value is -3.03. The molecule has 2 aromatic rings. The van der Waals surface area contributed by atoms with Gasteiger partial charge in [0, 0.05) is 32.5 Å². The summed E-state index contributed by atoms with van der Waals surface area (Å²) in [5.74, 6) is 0. The van der Waals surface area contributed by atoms with Crippen molar-refractivity contribution in [3.05, 3.63) is 48.3 Å². The number of carbonyl (C=O) groups is 2. The molecule has 2 fully saturated rings. The summed E-state index contributed by atoms with van der Waals surface area (Å²) < 4.78 is 7.35. The number of nitrogens with zero attached hydrogens (tertiary/aromatic N) is 4. The molecule has 3 amide bonds. The van der Waals surface area contributed by atoms with E-state index < -0.39 is 5.60 Å². The Balaban J connectivity index is 1.41. The molecule has 0 saturated carbocycles. The number of carbonyl (C=O) groups excluding carboxylic acids is 2. The highest BCUT2D eigenvalue weighted by Crippen LogP contribution is 2.31. The minimum Gasteiger partial charge on any atom is -0.439 e. The molecule has 27 heavy (non-hydrogen) atoms. The molecule has 2 aliphatic rings. The van der Waals surface area contributed by atoms with Gasteiger partial charge in [-0.25, -0.2) is 14.3 Å². The highest BCUT2D eigenvalue weighted by atomic mass is 16.6. The smallest absolute Gasteiger partial charge is 0.410 e. The lowest BCUT2D eigenvalue weighted by molar-refractivity contribution is 0.00318. The standard InChI is InChI=1S/C19H23N5O3/c1-22-13-19(27-18(22)26)8-4-10-23(14-19)17(25)20-12-15-6-2-3-7-16(15)24-11-5-9-21-24/h2-3,5-7,9,11H,4,8,10,12-14H2,1H3,(H,20,25). The first-order valence-corrected chi connectivity index (χ1v) is 9.11. The van der Waals surface area contributed by atoms with Crippen LogP contribution < -0.4 is 5.32 Å². The Bertz CT molecular complexity index is 838. The van der Waals surface area contributed by atoms with E-state index in [0.29, 0.717) is 26.2 Å². The van der Waals surface area contributed by atoms with Gasteiger partial charge in [-0.2, -0.15) is 5.10 Å². The molecule has 1 N–H and O–H groups in total. The van der Waals surface area contributed by atoms with Crippen LogP contribution in [0.2, 0.25) is 0 Å². The molecule has 8 heteroatoms. The average Bonchev–Trinajstić information content (AvgIpc) is 3.29. The van der Waals surface area contributed by atoms with Gasteiger partial charge in [0.05, 0.1) is 18.8 Å². The maximum Gasteiger partial charge on any atom is 0.410 e. The Labute approximate surface area is 157 Å². The SMILES string of the molecule is CN1CC2(CCCN(C(=O)NCc3ccccc3-n3cccn3)C2)OC1=O. The van der Waals surface area contributed by atoms with Gasteiger partial charge in [0.15, 0.2) is 0 Å². The molecule has 1 aromatic heterocycles. The number of rotatable bonds is 3. The van der Waals surface area contributed by atoms with E-state index in [0.717, 1.165) is 24.1 Å². The number of ether oxygens (including phenoxy) is 1. The third-order valence-corrected chi connectivity index (χ3v) is 5.14. The number of hydrogen-bond donors (Lipinski definition) is 1. The van der Waals surface area contributed by atoms with Crippen molar-refractivity contribution in [2.45, 2.75) is 25.0 Å². The monoisotopic (exact) mass is 369 g/mol. The molecule has 2 aliphatic heterocycles. The van der Waals surface area contributed by atoms with Gasteiger partial charge in [-0.1, -0.05) is 18.2 Å². The van der Waals surface area contributed by atoms with Gasteiger partial charge in [0.25, 0.3) is 0 Å². The fourth-order valence-electron chi connectivity index (χ4n) is 3.85. The van der Waals surface area contributed by atoms with Crippen molar-refractivity contribution in [3.63, 3.8) is 0 Å². The van der Waals surface area contributed by atoms with Gasteiger partial charge in [-0.15, -0.1) is 0 Å². The van der Waals surface area contributed by atoms with Crippen molar-refractivity contribution in [1.82, 2.24) is 24.9 Å². The summed E-state index contributed by atoms with van der Waals surface area (Å²) in [7, 11) is 1.72. The number of amides is 3. The second-order valence-electron chi connectivity index (χ2n) is 7.17. The largest absolute Gasteiger partial charge is 0.439 e. The van der Waals surface area contributed by atoms with Crippen LogP contribution in [0.15, 0.2) is 42.7 Å². The maximum atomic E-state index is 12.7. The van der Waals surface area contributed by atoms with Crippen LogP contribution in [0.4, 0.5) is 9.59 Å². The highest BCUT2D eigenvalue weighted by Gasteiger charge is 2.47. The van der Waals surface area contributed by atoms with Crippen LogP contribution in [0.3, 0.4) is 0 Å². The molecule has 3 heterocycles.